The van der Waals surface area contributed by atoms with E-state index in [0.717, 1.165) is 16.5 Å². The molecule has 0 amide bonds. The standard InChI is InChI=1S/C22H23N3O4S/c1-17-8-10-19(11-9-17)20-21(23-16-24-22(20)29-14-5-13-26)25-30(27,28)15-12-18-6-3-2-4-7-18/h2-4,6-12,15-16,26H,5,13-14H2,1H3,(H,23,24,25). The number of rotatable bonds is 9. The smallest absolute Gasteiger partial charge is 0.256 e. The Morgan fingerprint density at radius 2 is 1.80 bits per heavy atom. The zero-order valence-electron chi connectivity index (χ0n) is 16.5. The number of aromatic nitrogens is 2. The van der Waals surface area contributed by atoms with E-state index in [0.29, 0.717) is 17.5 Å². The fraction of sp³-hybridized carbons (Fsp3) is 0.182. The quantitative estimate of drug-likeness (QED) is 0.508. The van der Waals surface area contributed by atoms with Crippen molar-refractivity contribution >= 4 is 21.9 Å². The SMILES string of the molecule is Cc1ccc(-c2c(NS(=O)(=O)C=Cc3ccccc3)ncnc2OCCCO)cc1. The number of sulfonamides is 1. The summed E-state index contributed by atoms with van der Waals surface area (Å²) in [5.74, 6) is 0.359. The molecule has 0 saturated carbocycles. The maximum atomic E-state index is 12.7. The van der Waals surface area contributed by atoms with Crippen LogP contribution >= 0.6 is 0 Å². The van der Waals surface area contributed by atoms with Crippen LogP contribution in [0.2, 0.25) is 0 Å². The Morgan fingerprint density at radius 1 is 1.07 bits per heavy atom. The number of benzene rings is 2. The fourth-order valence-electron chi connectivity index (χ4n) is 2.67. The van der Waals surface area contributed by atoms with Gasteiger partial charge in [-0.25, -0.2) is 18.4 Å². The van der Waals surface area contributed by atoms with Gasteiger partial charge in [-0.2, -0.15) is 0 Å². The number of hydrogen-bond donors (Lipinski definition) is 2. The zero-order valence-corrected chi connectivity index (χ0v) is 17.3. The van der Waals surface area contributed by atoms with E-state index in [-0.39, 0.29) is 24.9 Å². The Morgan fingerprint density at radius 3 is 2.50 bits per heavy atom. The molecule has 0 fully saturated rings. The lowest BCUT2D eigenvalue weighted by molar-refractivity contribution is 0.229. The van der Waals surface area contributed by atoms with Crippen molar-refractivity contribution in [3.8, 4) is 17.0 Å². The topological polar surface area (TPSA) is 101 Å². The second-order valence-electron chi connectivity index (χ2n) is 6.55. The van der Waals surface area contributed by atoms with Gasteiger partial charge in [-0.3, -0.25) is 4.72 Å². The molecule has 0 saturated heterocycles. The second kappa shape index (κ2) is 10.00. The van der Waals surface area contributed by atoms with Crippen LogP contribution in [0.15, 0.2) is 66.3 Å². The number of aliphatic hydroxyl groups excluding tert-OH is 1. The lowest BCUT2D eigenvalue weighted by Crippen LogP contribution is -2.13. The van der Waals surface area contributed by atoms with E-state index in [4.69, 9.17) is 9.84 Å². The Kier molecular flexibility index (Phi) is 7.16. The van der Waals surface area contributed by atoms with E-state index in [2.05, 4.69) is 14.7 Å². The van der Waals surface area contributed by atoms with Crippen LogP contribution in [0.5, 0.6) is 5.88 Å². The molecule has 0 aliphatic carbocycles. The molecule has 2 N–H and O–H groups in total. The number of anilines is 1. The van der Waals surface area contributed by atoms with Crippen LogP contribution in [-0.2, 0) is 10.0 Å². The van der Waals surface area contributed by atoms with Crippen molar-refractivity contribution in [1.29, 1.82) is 0 Å². The van der Waals surface area contributed by atoms with Crippen LogP contribution in [-0.4, -0.2) is 36.7 Å². The summed E-state index contributed by atoms with van der Waals surface area (Å²) in [6.45, 7) is 2.18. The molecule has 3 rings (SSSR count). The number of nitrogens with one attached hydrogen (secondary N) is 1. The Labute approximate surface area is 176 Å². The van der Waals surface area contributed by atoms with Crippen LogP contribution < -0.4 is 9.46 Å². The Bertz CT molecular complexity index is 1100. The molecule has 2 aromatic carbocycles. The Hall–Kier alpha value is -3.23. The first-order valence-corrected chi connectivity index (χ1v) is 10.9. The van der Waals surface area contributed by atoms with E-state index in [1.54, 1.807) is 0 Å². The number of aliphatic hydroxyl groups is 1. The van der Waals surface area contributed by atoms with Gasteiger partial charge in [-0.05, 0) is 24.1 Å². The highest BCUT2D eigenvalue weighted by molar-refractivity contribution is 7.95. The predicted molar refractivity (Wildman–Crippen MR) is 117 cm³/mol. The highest BCUT2D eigenvalue weighted by Gasteiger charge is 2.18. The zero-order chi connectivity index (χ0) is 21.4. The van der Waals surface area contributed by atoms with E-state index in [1.165, 1.54) is 12.4 Å². The van der Waals surface area contributed by atoms with Crippen molar-refractivity contribution in [3.05, 3.63) is 77.5 Å². The highest BCUT2D eigenvalue weighted by atomic mass is 32.2. The van der Waals surface area contributed by atoms with Gasteiger partial charge in [0.25, 0.3) is 10.0 Å². The molecule has 0 unspecified atom stereocenters. The summed E-state index contributed by atoms with van der Waals surface area (Å²) in [4.78, 5) is 8.31. The third-order valence-corrected chi connectivity index (χ3v) is 5.14. The van der Waals surface area contributed by atoms with Gasteiger partial charge in [-0.15, -0.1) is 0 Å². The van der Waals surface area contributed by atoms with Crippen molar-refractivity contribution in [2.75, 3.05) is 17.9 Å². The highest BCUT2D eigenvalue weighted by Crippen LogP contribution is 2.34. The average Bonchev–Trinajstić information content (AvgIpc) is 2.74. The Balaban J connectivity index is 1.95. The molecule has 1 aromatic heterocycles. The van der Waals surface area contributed by atoms with Crippen LogP contribution in [0.3, 0.4) is 0 Å². The minimum atomic E-state index is -3.83. The maximum absolute atomic E-state index is 12.7. The molecule has 3 aromatic rings. The van der Waals surface area contributed by atoms with Crippen molar-refractivity contribution in [2.45, 2.75) is 13.3 Å². The summed E-state index contributed by atoms with van der Waals surface area (Å²) in [7, 11) is -3.83. The third-order valence-electron chi connectivity index (χ3n) is 4.17. The first-order chi connectivity index (χ1) is 14.5. The number of aryl methyl sites for hydroxylation is 1. The lowest BCUT2D eigenvalue weighted by atomic mass is 10.1. The number of nitrogens with zero attached hydrogens (tertiary/aromatic N) is 2. The van der Waals surface area contributed by atoms with Crippen molar-refractivity contribution in [3.63, 3.8) is 0 Å². The molecule has 0 radical (unpaired) electrons. The minimum absolute atomic E-state index is 0.0191. The van der Waals surface area contributed by atoms with Gasteiger partial charge in [0, 0.05) is 13.0 Å². The summed E-state index contributed by atoms with van der Waals surface area (Å²) in [6.07, 6.45) is 3.18. The fourth-order valence-corrected chi connectivity index (χ4v) is 3.50. The van der Waals surface area contributed by atoms with Gasteiger partial charge in [0.05, 0.1) is 17.6 Å². The van der Waals surface area contributed by atoms with Crippen LogP contribution in [0, 0.1) is 6.92 Å². The molecule has 30 heavy (non-hydrogen) atoms. The summed E-state index contributed by atoms with van der Waals surface area (Å²) in [5, 5.41) is 10.1. The van der Waals surface area contributed by atoms with Gasteiger partial charge in [0.1, 0.15) is 6.33 Å². The average molecular weight is 426 g/mol. The van der Waals surface area contributed by atoms with Crippen LogP contribution in [0.25, 0.3) is 17.2 Å². The van der Waals surface area contributed by atoms with Gasteiger partial charge in [0.15, 0.2) is 5.82 Å². The van der Waals surface area contributed by atoms with Gasteiger partial charge < -0.3 is 9.84 Å². The minimum Gasteiger partial charge on any atom is -0.477 e. The van der Waals surface area contributed by atoms with Crippen molar-refractivity contribution in [2.24, 2.45) is 0 Å². The second-order valence-corrected chi connectivity index (χ2v) is 8.12. The summed E-state index contributed by atoms with van der Waals surface area (Å²) in [6, 6.07) is 16.7. The first kappa shape index (κ1) is 21.5. The number of hydrogen-bond acceptors (Lipinski definition) is 6. The molecule has 8 heteroatoms. The molecule has 0 atom stereocenters. The van der Waals surface area contributed by atoms with E-state index < -0.39 is 10.0 Å². The molecule has 156 valence electrons. The molecule has 1 heterocycles. The predicted octanol–water partition coefficient (Wildman–Crippen LogP) is 3.63. The first-order valence-electron chi connectivity index (χ1n) is 9.40. The van der Waals surface area contributed by atoms with E-state index >= 15 is 0 Å². The molecule has 0 spiro atoms. The summed E-state index contributed by atoms with van der Waals surface area (Å²) in [5.41, 5.74) is 2.97. The van der Waals surface area contributed by atoms with Crippen LogP contribution in [0.1, 0.15) is 17.5 Å². The molecule has 0 bridgehead atoms. The summed E-state index contributed by atoms with van der Waals surface area (Å²) < 4.78 is 33.5. The molecule has 0 aliphatic rings. The normalized spacial score (nSPS) is 11.5. The largest absolute Gasteiger partial charge is 0.477 e. The van der Waals surface area contributed by atoms with Crippen LogP contribution in [0.4, 0.5) is 5.82 Å². The lowest BCUT2D eigenvalue weighted by Gasteiger charge is -2.14. The molecular weight excluding hydrogens is 402 g/mol. The molecular formula is C22H23N3O4S. The van der Waals surface area contributed by atoms with Gasteiger partial charge in [-0.1, -0.05) is 60.2 Å². The van der Waals surface area contributed by atoms with Crippen molar-refractivity contribution in [1.82, 2.24) is 9.97 Å². The van der Waals surface area contributed by atoms with E-state index in [9.17, 15) is 8.42 Å². The van der Waals surface area contributed by atoms with Gasteiger partial charge >= 0.3 is 0 Å². The third kappa shape index (κ3) is 5.88. The summed E-state index contributed by atoms with van der Waals surface area (Å²) >= 11 is 0. The number of ether oxygens (including phenoxy) is 1. The maximum Gasteiger partial charge on any atom is 0.256 e. The molecule has 0 aliphatic heterocycles. The monoisotopic (exact) mass is 425 g/mol. The molecule has 7 nitrogen and oxygen atoms in total. The van der Waals surface area contributed by atoms with Gasteiger partial charge in [0.2, 0.25) is 5.88 Å². The van der Waals surface area contributed by atoms with E-state index in [1.807, 2.05) is 61.5 Å². The van der Waals surface area contributed by atoms with Crippen molar-refractivity contribution < 1.29 is 18.3 Å².